The third-order valence-corrected chi connectivity index (χ3v) is 11.5. The van der Waals surface area contributed by atoms with Crippen LogP contribution >= 0.6 is 11.6 Å². The van der Waals surface area contributed by atoms with E-state index in [9.17, 15) is 4.79 Å². The van der Waals surface area contributed by atoms with Gasteiger partial charge in [0.05, 0.1) is 35.4 Å². The van der Waals surface area contributed by atoms with Crippen LogP contribution < -0.4 is 10.6 Å². The Hall–Kier alpha value is -2.88. The number of aromatic nitrogens is 2. The highest BCUT2D eigenvalue weighted by Crippen LogP contribution is 2.56. The summed E-state index contributed by atoms with van der Waals surface area (Å²) in [5.74, 6) is 0.983. The Balaban J connectivity index is 0.00000168. The number of carbonyl (C=O) groups excluding carboxylic acids is 1. The highest BCUT2D eigenvalue weighted by molar-refractivity contribution is 6.35. The molecular formula is C34H48ClN7O2. The van der Waals surface area contributed by atoms with Gasteiger partial charge in [-0.2, -0.15) is 5.10 Å². The van der Waals surface area contributed by atoms with Gasteiger partial charge in [0.2, 0.25) is 5.91 Å². The van der Waals surface area contributed by atoms with E-state index in [1.807, 2.05) is 31.7 Å². The molecule has 2 saturated carbocycles. The third kappa shape index (κ3) is 4.60. The maximum atomic E-state index is 12.1. The molecule has 0 unspecified atom stereocenters. The first-order valence-corrected chi connectivity index (χ1v) is 16.6. The van der Waals surface area contributed by atoms with E-state index >= 15 is 0 Å². The zero-order valence-corrected chi connectivity index (χ0v) is 27.8. The van der Waals surface area contributed by atoms with E-state index in [-0.39, 0.29) is 28.4 Å². The van der Waals surface area contributed by atoms with Gasteiger partial charge in [0.1, 0.15) is 0 Å². The van der Waals surface area contributed by atoms with Gasteiger partial charge in [0.15, 0.2) is 5.82 Å². The van der Waals surface area contributed by atoms with Gasteiger partial charge in [-0.25, -0.2) is 0 Å². The molecule has 5 aliphatic rings. The molecule has 2 aromatic rings. The number of hydrogen-bond acceptors (Lipinski definition) is 7. The van der Waals surface area contributed by atoms with Crippen LogP contribution in [0.15, 0.2) is 18.7 Å². The Morgan fingerprint density at radius 2 is 1.84 bits per heavy atom. The summed E-state index contributed by atoms with van der Waals surface area (Å²) in [5, 5.41) is 14.4. The topological polar surface area (TPSA) is 104 Å². The van der Waals surface area contributed by atoms with Crippen molar-refractivity contribution in [2.24, 2.45) is 5.41 Å². The number of nitrogen functional groups attached to an aromatic ring is 1. The summed E-state index contributed by atoms with van der Waals surface area (Å²) in [6.07, 6.45) is 8.21. The number of nitrogens with one attached hydrogen (secondary N) is 1. The van der Waals surface area contributed by atoms with Crippen molar-refractivity contribution in [1.82, 2.24) is 19.6 Å². The highest BCUT2D eigenvalue weighted by atomic mass is 35.5. The maximum Gasteiger partial charge on any atom is 0.245 e. The Bertz CT molecular complexity index is 1480. The van der Waals surface area contributed by atoms with Crippen LogP contribution in [-0.2, 0) is 9.53 Å². The smallest absolute Gasteiger partial charge is 0.245 e. The maximum absolute atomic E-state index is 12.1. The first-order chi connectivity index (χ1) is 21.0. The van der Waals surface area contributed by atoms with Gasteiger partial charge in [-0.15, -0.1) is 0 Å². The molecule has 238 valence electrons. The van der Waals surface area contributed by atoms with Gasteiger partial charge >= 0.3 is 0 Å². The van der Waals surface area contributed by atoms with Crippen molar-refractivity contribution in [2.45, 2.75) is 83.8 Å². The van der Waals surface area contributed by atoms with Crippen LogP contribution in [0.1, 0.15) is 75.7 Å². The molecule has 1 amide bonds. The summed E-state index contributed by atoms with van der Waals surface area (Å²) in [6.45, 7) is 20.1. The predicted molar refractivity (Wildman–Crippen MR) is 178 cm³/mol. The van der Waals surface area contributed by atoms with E-state index in [4.69, 9.17) is 32.6 Å². The summed E-state index contributed by atoms with van der Waals surface area (Å²) in [6, 6.07) is 2.12. The lowest BCUT2D eigenvalue weighted by Gasteiger charge is -2.61. The zero-order valence-electron chi connectivity index (χ0n) is 27.0. The number of anilines is 2. The van der Waals surface area contributed by atoms with Crippen molar-refractivity contribution in [1.29, 1.82) is 5.41 Å². The molecule has 3 saturated heterocycles. The monoisotopic (exact) mass is 621 g/mol. The van der Waals surface area contributed by atoms with Crippen molar-refractivity contribution < 1.29 is 9.53 Å². The standard InChI is InChI=1S/C32H42ClN7O2.C2H6/c1-5-25(41)37-15-31(16-37)12-22(13-31)40-21(3)26(27-23(14-34)24(35)11-20(2)28(27)33)29(36-40)39-10-9-38(30(4)18-42-19-30)17-32(39)7-6-8-32;1-2/h5,11,14,22,34H,1,6-10,12-13,15-19,35H2,2-4H3;1-2H3. The molecule has 2 spiro atoms. The summed E-state index contributed by atoms with van der Waals surface area (Å²) in [7, 11) is 0. The summed E-state index contributed by atoms with van der Waals surface area (Å²) < 4.78 is 7.85. The second-order valence-corrected chi connectivity index (χ2v) is 14.2. The molecule has 9 nitrogen and oxygen atoms in total. The molecule has 44 heavy (non-hydrogen) atoms. The summed E-state index contributed by atoms with van der Waals surface area (Å²) in [5.41, 5.74) is 11.8. The fourth-order valence-electron chi connectivity index (χ4n) is 8.36. The van der Waals surface area contributed by atoms with Crippen LogP contribution in [0.2, 0.25) is 5.02 Å². The fourth-order valence-corrected chi connectivity index (χ4v) is 8.61. The van der Waals surface area contributed by atoms with Crippen LogP contribution in [0.3, 0.4) is 0 Å². The summed E-state index contributed by atoms with van der Waals surface area (Å²) in [4.78, 5) is 19.2. The quantitative estimate of drug-likeness (QED) is 0.247. The molecule has 0 radical (unpaired) electrons. The molecule has 0 bridgehead atoms. The molecule has 3 aliphatic heterocycles. The number of rotatable bonds is 6. The molecule has 4 heterocycles. The van der Waals surface area contributed by atoms with Crippen LogP contribution in [0, 0.1) is 24.7 Å². The van der Waals surface area contributed by atoms with Gasteiger partial charge in [0.25, 0.3) is 0 Å². The van der Waals surface area contributed by atoms with E-state index in [1.165, 1.54) is 18.7 Å². The molecule has 0 atom stereocenters. The van der Waals surface area contributed by atoms with E-state index in [0.29, 0.717) is 16.3 Å². The lowest BCUT2D eigenvalue weighted by atomic mass is 9.60. The number of carbonyl (C=O) groups is 1. The lowest BCUT2D eigenvalue weighted by molar-refractivity contribution is -0.149. The average Bonchev–Trinajstić information content (AvgIpc) is 3.27. The normalized spacial score (nSPS) is 23.1. The van der Waals surface area contributed by atoms with Crippen LogP contribution in [-0.4, -0.2) is 88.7 Å². The number of piperazine rings is 1. The minimum Gasteiger partial charge on any atom is -0.398 e. The number of ether oxygens (including phenoxy) is 1. The number of nitrogens with two attached hydrogens (primary N) is 1. The summed E-state index contributed by atoms with van der Waals surface area (Å²) >= 11 is 7.09. The molecule has 2 aliphatic carbocycles. The van der Waals surface area contributed by atoms with Gasteiger partial charge < -0.3 is 25.7 Å². The first kappa shape index (κ1) is 31.1. The van der Waals surface area contributed by atoms with Gasteiger partial charge in [-0.05, 0) is 70.6 Å². The SMILES string of the molecule is C=CC(=O)N1CC2(CC(n3nc(N4CCN(C5(C)COC5)CC45CCC5)c(-c4c(Cl)c(C)cc(N)c4C=N)c3C)C2)C1.CC. The lowest BCUT2D eigenvalue weighted by Crippen LogP contribution is -2.72. The molecule has 5 fully saturated rings. The number of halogens is 1. The van der Waals surface area contributed by atoms with Gasteiger partial charge in [-0.1, -0.05) is 32.0 Å². The van der Waals surface area contributed by atoms with E-state index in [1.54, 1.807) is 0 Å². The molecule has 1 aromatic heterocycles. The number of amides is 1. The minimum atomic E-state index is 0.0158. The largest absolute Gasteiger partial charge is 0.398 e. The molecule has 7 rings (SSSR count). The molecule has 10 heteroatoms. The van der Waals surface area contributed by atoms with E-state index < -0.39 is 0 Å². The van der Waals surface area contributed by atoms with Gasteiger partial charge in [-0.3, -0.25) is 14.4 Å². The highest BCUT2D eigenvalue weighted by Gasteiger charge is 2.56. The van der Waals surface area contributed by atoms with Crippen molar-refractivity contribution in [3.05, 3.63) is 40.6 Å². The van der Waals surface area contributed by atoms with Crippen molar-refractivity contribution in [3.63, 3.8) is 0 Å². The van der Waals surface area contributed by atoms with Crippen molar-refractivity contribution >= 4 is 35.2 Å². The predicted octanol–water partition coefficient (Wildman–Crippen LogP) is 5.61. The number of likely N-dealkylation sites (tertiary alicyclic amines) is 1. The van der Waals surface area contributed by atoms with Crippen molar-refractivity contribution in [3.8, 4) is 11.1 Å². The van der Waals surface area contributed by atoms with E-state index in [2.05, 4.69) is 34.9 Å². The Kier molecular flexibility index (Phi) is 7.90. The van der Waals surface area contributed by atoms with Gasteiger partial charge in [0, 0.05) is 72.4 Å². The van der Waals surface area contributed by atoms with Crippen LogP contribution in [0.25, 0.3) is 11.1 Å². The third-order valence-electron chi connectivity index (χ3n) is 11.0. The number of benzene rings is 1. The Morgan fingerprint density at radius 1 is 1.16 bits per heavy atom. The number of nitrogens with zero attached hydrogens (tertiary/aromatic N) is 5. The Labute approximate surface area is 266 Å². The average molecular weight is 622 g/mol. The zero-order chi connectivity index (χ0) is 31.6. The fraction of sp³-hybridized carbons (Fsp3) is 0.618. The molecule has 1 aromatic carbocycles. The first-order valence-electron chi connectivity index (χ1n) is 16.2. The second-order valence-electron chi connectivity index (χ2n) is 13.9. The second kappa shape index (κ2) is 11.2. The van der Waals surface area contributed by atoms with Crippen LogP contribution in [0.4, 0.5) is 11.5 Å². The van der Waals surface area contributed by atoms with Crippen molar-refractivity contribution in [2.75, 3.05) is 56.6 Å². The molecule has 3 N–H and O–H groups in total. The number of aryl methyl sites for hydroxylation is 1. The van der Waals surface area contributed by atoms with Crippen LogP contribution in [0.5, 0.6) is 0 Å². The minimum absolute atomic E-state index is 0.0158. The van der Waals surface area contributed by atoms with E-state index in [0.717, 1.165) is 99.8 Å². The molecular weight excluding hydrogens is 574 g/mol. The Morgan fingerprint density at radius 3 is 2.39 bits per heavy atom. The number of hydrogen-bond donors (Lipinski definition) is 2.